The first-order valence-electron chi connectivity index (χ1n) is 13.2. The van der Waals surface area contributed by atoms with Gasteiger partial charge in [-0.25, -0.2) is 0 Å². The molecule has 240 valence electrons. The molecular formula is C27H30O17. The number of hydrogen-bond donors (Lipinski definition) is 11. The lowest BCUT2D eigenvalue weighted by Gasteiger charge is -2.42. The highest BCUT2D eigenvalue weighted by molar-refractivity contribution is 5.88. The molecule has 3 aromatic rings. The molecule has 2 aliphatic rings. The van der Waals surface area contributed by atoms with Crippen molar-refractivity contribution in [3.63, 3.8) is 0 Å². The van der Waals surface area contributed by atoms with E-state index in [-0.39, 0.29) is 11.1 Å². The topological polar surface area (TPSA) is 290 Å². The minimum atomic E-state index is -2.00. The van der Waals surface area contributed by atoms with E-state index in [0.29, 0.717) is 0 Å². The second-order valence-electron chi connectivity index (χ2n) is 10.3. The van der Waals surface area contributed by atoms with Crippen LogP contribution in [0.1, 0.15) is 0 Å². The Balaban J connectivity index is 1.47. The number of benzene rings is 2. The molecule has 5 rings (SSSR count). The maximum atomic E-state index is 13.6. The van der Waals surface area contributed by atoms with Crippen LogP contribution in [0, 0.1) is 0 Å². The van der Waals surface area contributed by atoms with Crippen LogP contribution in [0.25, 0.3) is 22.3 Å². The van der Waals surface area contributed by atoms with E-state index >= 15 is 0 Å². The third-order valence-corrected chi connectivity index (χ3v) is 7.33. The Bertz CT molecular complexity index is 1560. The third-order valence-electron chi connectivity index (χ3n) is 7.33. The molecule has 0 unspecified atom stereocenters. The number of aliphatic hydroxyl groups is 7. The van der Waals surface area contributed by atoms with Gasteiger partial charge >= 0.3 is 0 Å². The Labute approximate surface area is 246 Å². The molecule has 0 radical (unpaired) electrons. The predicted octanol–water partition coefficient (Wildman–Crippen LogP) is -2.71. The molecular weight excluding hydrogens is 596 g/mol. The predicted molar refractivity (Wildman–Crippen MR) is 142 cm³/mol. The van der Waals surface area contributed by atoms with Crippen molar-refractivity contribution < 1.29 is 79.5 Å². The number of rotatable bonds is 7. The molecule has 2 aromatic carbocycles. The minimum absolute atomic E-state index is 0.0504. The summed E-state index contributed by atoms with van der Waals surface area (Å²) in [6, 6.07) is 5.17. The molecule has 2 fully saturated rings. The van der Waals surface area contributed by atoms with E-state index in [4.69, 9.17) is 23.4 Å². The van der Waals surface area contributed by atoms with Crippen molar-refractivity contribution in [2.24, 2.45) is 0 Å². The molecule has 17 heteroatoms. The number of phenolic OH excluding ortho intramolecular Hbond substituents is 4. The average molecular weight is 627 g/mol. The van der Waals surface area contributed by atoms with E-state index in [0.717, 1.165) is 24.3 Å². The fourth-order valence-corrected chi connectivity index (χ4v) is 4.89. The number of aliphatic hydroxyl groups excluding tert-OH is 7. The molecule has 2 aliphatic heterocycles. The maximum Gasteiger partial charge on any atom is 0.239 e. The SMILES string of the molecule is O=c1c(O[C@H]2O[C@@H](CO[C@@H]3O[C@H](CO)[C@@H](O)[C@@H](O)[C@@H]3O)[C@H](O)[C@@H](O)[C@@H]2O)c(-c2ccc(O)c(O)c2)oc2cc(O)cc(O)c12. The smallest absolute Gasteiger partial charge is 0.239 e. The van der Waals surface area contributed by atoms with Gasteiger partial charge in [0.2, 0.25) is 17.5 Å². The Morgan fingerprint density at radius 3 is 2.00 bits per heavy atom. The Kier molecular flexibility index (Phi) is 8.87. The molecule has 0 amide bonds. The zero-order valence-electron chi connectivity index (χ0n) is 22.4. The van der Waals surface area contributed by atoms with Crippen LogP contribution >= 0.6 is 0 Å². The van der Waals surface area contributed by atoms with E-state index in [1.165, 1.54) is 6.07 Å². The molecule has 0 spiro atoms. The van der Waals surface area contributed by atoms with Gasteiger partial charge in [0.25, 0.3) is 0 Å². The van der Waals surface area contributed by atoms with Gasteiger partial charge in [0.05, 0.1) is 13.2 Å². The van der Waals surface area contributed by atoms with Gasteiger partial charge in [0.1, 0.15) is 71.3 Å². The summed E-state index contributed by atoms with van der Waals surface area (Å²) in [6.45, 7) is -1.42. The Morgan fingerprint density at radius 1 is 0.705 bits per heavy atom. The summed E-state index contributed by atoms with van der Waals surface area (Å²) in [5.74, 6) is -3.44. The molecule has 17 nitrogen and oxygen atoms in total. The van der Waals surface area contributed by atoms with Crippen LogP contribution in [0.4, 0.5) is 0 Å². The molecule has 1 aromatic heterocycles. The average Bonchev–Trinajstić information content (AvgIpc) is 2.98. The maximum absolute atomic E-state index is 13.6. The highest BCUT2D eigenvalue weighted by Gasteiger charge is 2.48. The lowest BCUT2D eigenvalue weighted by Crippen LogP contribution is -2.62. The van der Waals surface area contributed by atoms with Crippen molar-refractivity contribution in [3.8, 4) is 40.1 Å². The van der Waals surface area contributed by atoms with Crippen LogP contribution in [-0.4, -0.2) is 131 Å². The third kappa shape index (κ3) is 5.73. The van der Waals surface area contributed by atoms with Crippen molar-refractivity contribution in [2.45, 2.75) is 61.4 Å². The van der Waals surface area contributed by atoms with E-state index in [1.807, 2.05) is 0 Å². The van der Waals surface area contributed by atoms with Crippen LogP contribution in [0.15, 0.2) is 39.5 Å². The second-order valence-corrected chi connectivity index (χ2v) is 10.3. The highest BCUT2D eigenvalue weighted by Crippen LogP contribution is 2.39. The van der Waals surface area contributed by atoms with Crippen LogP contribution in [0.2, 0.25) is 0 Å². The first kappa shape index (κ1) is 31.7. The van der Waals surface area contributed by atoms with Gasteiger partial charge in [0.15, 0.2) is 23.5 Å². The van der Waals surface area contributed by atoms with Crippen LogP contribution in [-0.2, 0) is 14.2 Å². The summed E-state index contributed by atoms with van der Waals surface area (Å²) in [5, 5.41) is 111. The van der Waals surface area contributed by atoms with Gasteiger partial charge in [-0.05, 0) is 18.2 Å². The van der Waals surface area contributed by atoms with Crippen LogP contribution in [0.3, 0.4) is 0 Å². The number of fused-ring (bicyclic) bond motifs is 1. The summed E-state index contributed by atoms with van der Waals surface area (Å²) in [4.78, 5) is 13.6. The fourth-order valence-electron chi connectivity index (χ4n) is 4.89. The van der Waals surface area contributed by atoms with E-state index < -0.39 is 120 Å². The van der Waals surface area contributed by atoms with E-state index in [1.54, 1.807) is 0 Å². The second kappa shape index (κ2) is 12.3. The van der Waals surface area contributed by atoms with Crippen molar-refractivity contribution in [1.82, 2.24) is 0 Å². The summed E-state index contributed by atoms with van der Waals surface area (Å²) in [5.41, 5.74) is -1.41. The molecule has 0 aliphatic carbocycles. The summed E-state index contributed by atoms with van der Waals surface area (Å²) < 4.78 is 27.6. The van der Waals surface area contributed by atoms with Crippen LogP contribution in [0.5, 0.6) is 28.7 Å². The van der Waals surface area contributed by atoms with Crippen molar-refractivity contribution in [2.75, 3.05) is 13.2 Å². The summed E-state index contributed by atoms with van der Waals surface area (Å²) in [7, 11) is 0. The summed E-state index contributed by atoms with van der Waals surface area (Å²) >= 11 is 0. The summed E-state index contributed by atoms with van der Waals surface area (Å²) in [6.07, 6.45) is -17.4. The quantitative estimate of drug-likeness (QED) is 0.119. The standard InChI is InChI=1S/C27H30O17/c28-6-14-17(33)20(36)22(38)26(42-14)40-7-15-18(34)21(37)23(39)27(43-15)44-25-19(35)16-12(32)4-9(29)5-13(16)41-24(25)8-1-2-10(30)11(31)3-8/h1-5,14-15,17-18,20-23,26-34,36-39H,6-7H2/t14-,15+,17-,18+,20-,21-,22+,23+,26-,27-/m1/s1. The molecule has 0 saturated carbocycles. The molecule has 3 heterocycles. The number of ether oxygens (including phenoxy) is 4. The lowest BCUT2D eigenvalue weighted by atomic mass is 9.98. The van der Waals surface area contributed by atoms with Crippen LogP contribution < -0.4 is 10.2 Å². The monoisotopic (exact) mass is 626 g/mol. The number of phenols is 4. The number of aromatic hydroxyl groups is 4. The van der Waals surface area contributed by atoms with Gasteiger partial charge in [0, 0.05) is 17.7 Å². The zero-order valence-corrected chi connectivity index (χ0v) is 22.4. The molecule has 2 saturated heterocycles. The first-order valence-corrected chi connectivity index (χ1v) is 13.2. The van der Waals surface area contributed by atoms with Gasteiger partial charge in [-0.1, -0.05) is 0 Å². The lowest BCUT2D eigenvalue weighted by molar-refractivity contribution is -0.323. The van der Waals surface area contributed by atoms with Crippen molar-refractivity contribution >= 4 is 11.0 Å². The molecule has 0 bridgehead atoms. The molecule has 11 N–H and O–H groups in total. The minimum Gasteiger partial charge on any atom is -0.508 e. The van der Waals surface area contributed by atoms with Crippen molar-refractivity contribution in [1.29, 1.82) is 0 Å². The molecule has 44 heavy (non-hydrogen) atoms. The Hall–Kier alpha value is -3.75. The Morgan fingerprint density at radius 2 is 1.34 bits per heavy atom. The van der Waals surface area contributed by atoms with Gasteiger partial charge < -0.3 is 79.5 Å². The fraction of sp³-hybridized carbons (Fsp3) is 0.444. The van der Waals surface area contributed by atoms with E-state index in [2.05, 4.69) is 0 Å². The van der Waals surface area contributed by atoms with E-state index in [9.17, 15) is 61.0 Å². The number of hydrogen-bond acceptors (Lipinski definition) is 17. The van der Waals surface area contributed by atoms with Gasteiger partial charge in [-0.2, -0.15) is 0 Å². The highest BCUT2D eigenvalue weighted by atomic mass is 16.7. The largest absolute Gasteiger partial charge is 0.508 e. The zero-order chi connectivity index (χ0) is 32.0. The molecule has 10 atom stereocenters. The first-order chi connectivity index (χ1) is 20.8. The van der Waals surface area contributed by atoms with Gasteiger partial charge in [-0.3, -0.25) is 4.79 Å². The normalized spacial score (nSPS) is 32.5. The van der Waals surface area contributed by atoms with Crippen molar-refractivity contribution in [3.05, 3.63) is 40.6 Å². The van der Waals surface area contributed by atoms with Gasteiger partial charge in [-0.15, -0.1) is 0 Å².